The number of aromatic nitrogens is 2. The highest BCUT2D eigenvalue weighted by molar-refractivity contribution is 5.42. The predicted molar refractivity (Wildman–Crippen MR) is 77.6 cm³/mol. The second-order valence-electron chi connectivity index (χ2n) is 5.07. The summed E-state index contributed by atoms with van der Waals surface area (Å²) in [6.45, 7) is 5.98. The molecule has 1 aliphatic heterocycles. The Labute approximate surface area is 115 Å². The van der Waals surface area contributed by atoms with Crippen molar-refractivity contribution < 1.29 is 4.74 Å². The lowest BCUT2D eigenvalue weighted by molar-refractivity contribution is 0.143. The van der Waals surface area contributed by atoms with Crippen LogP contribution in [-0.4, -0.2) is 43.3 Å². The highest BCUT2D eigenvalue weighted by atomic mass is 16.5. The molecule has 5 heteroatoms. The number of ether oxygens (including phenoxy) is 1. The van der Waals surface area contributed by atoms with Gasteiger partial charge in [0.05, 0.1) is 6.61 Å². The van der Waals surface area contributed by atoms with Crippen LogP contribution in [0.15, 0.2) is 12.3 Å². The Morgan fingerprint density at radius 2 is 2.42 bits per heavy atom. The number of rotatable bonds is 6. The molecule has 19 heavy (non-hydrogen) atoms. The summed E-state index contributed by atoms with van der Waals surface area (Å²) in [5, 5.41) is 3.24. The fourth-order valence-corrected chi connectivity index (χ4v) is 2.49. The van der Waals surface area contributed by atoms with E-state index in [-0.39, 0.29) is 0 Å². The molecule has 1 atom stereocenters. The second kappa shape index (κ2) is 7.28. The fourth-order valence-electron chi connectivity index (χ4n) is 2.49. The highest BCUT2D eigenvalue weighted by Gasteiger charge is 2.21. The minimum absolute atomic E-state index is 0.612. The van der Waals surface area contributed by atoms with E-state index >= 15 is 0 Å². The van der Waals surface area contributed by atoms with E-state index in [0.29, 0.717) is 5.92 Å². The van der Waals surface area contributed by atoms with Crippen molar-refractivity contribution >= 4 is 11.8 Å². The SMILES string of the molecule is CCCNc1nccc(N2CCCC(COC)C2)n1. The van der Waals surface area contributed by atoms with E-state index in [1.807, 2.05) is 12.3 Å². The molecule has 0 radical (unpaired) electrons. The van der Waals surface area contributed by atoms with E-state index in [4.69, 9.17) is 4.74 Å². The summed E-state index contributed by atoms with van der Waals surface area (Å²) in [5.74, 6) is 2.36. The predicted octanol–water partition coefficient (Wildman–Crippen LogP) is 2.16. The third-order valence-electron chi connectivity index (χ3n) is 3.42. The van der Waals surface area contributed by atoms with Crippen LogP contribution in [0.5, 0.6) is 0 Å². The standard InChI is InChI=1S/C14H24N4O/c1-3-7-15-14-16-8-6-13(17-14)18-9-4-5-12(10-18)11-19-2/h6,8,12H,3-5,7,9-11H2,1-2H3,(H,15,16,17). The van der Waals surface area contributed by atoms with Crippen molar-refractivity contribution in [1.82, 2.24) is 9.97 Å². The molecule has 1 fully saturated rings. The number of anilines is 2. The van der Waals surface area contributed by atoms with Crippen LogP contribution in [-0.2, 0) is 4.74 Å². The maximum Gasteiger partial charge on any atom is 0.224 e. The Bertz CT molecular complexity index is 383. The molecule has 1 aromatic rings. The van der Waals surface area contributed by atoms with E-state index in [0.717, 1.165) is 44.4 Å². The first-order chi connectivity index (χ1) is 9.33. The number of nitrogens with zero attached hydrogens (tertiary/aromatic N) is 3. The molecular weight excluding hydrogens is 240 g/mol. The summed E-state index contributed by atoms with van der Waals surface area (Å²) >= 11 is 0. The maximum absolute atomic E-state index is 5.27. The molecule has 2 rings (SSSR count). The van der Waals surface area contributed by atoms with Crippen molar-refractivity contribution in [1.29, 1.82) is 0 Å². The lowest BCUT2D eigenvalue weighted by Crippen LogP contribution is -2.37. The van der Waals surface area contributed by atoms with Gasteiger partial charge in [-0.15, -0.1) is 0 Å². The van der Waals surface area contributed by atoms with Crippen LogP contribution in [0.1, 0.15) is 26.2 Å². The zero-order chi connectivity index (χ0) is 13.5. The van der Waals surface area contributed by atoms with Gasteiger partial charge >= 0.3 is 0 Å². The van der Waals surface area contributed by atoms with Gasteiger partial charge in [0.15, 0.2) is 0 Å². The normalized spacial score (nSPS) is 19.5. The Morgan fingerprint density at radius 3 is 3.21 bits per heavy atom. The summed E-state index contributed by atoms with van der Waals surface area (Å²) < 4.78 is 5.27. The molecule has 2 heterocycles. The maximum atomic E-state index is 5.27. The van der Waals surface area contributed by atoms with Crippen LogP contribution in [0.25, 0.3) is 0 Å². The molecule has 0 spiro atoms. The molecule has 0 aliphatic carbocycles. The van der Waals surface area contributed by atoms with Gasteiger partial charge in [0, 0.05) is 32.9 Å². The molecule has 1 unspecified atom stereocenters. The van der Waals surface area contributed by atoms with Crippen molar-refractivity contribution in [2.75, 3.05) is 43.6 Å². The van der Waals surface area contributed by atoms with Gasteiger partial charge < -0.3 is 15.0 Å². The first-order valence-corrected chi connectivity index (χ1v) is 7.14. The molecule has 0 saturated carbocycles. The van der Waals surface area contributed by atoms with Gasteiger partial charge in [-0.25, -0.2) is 4.98 Å². The Morgan fingerprint density at radius 1 is 1.53 bits per heavy atom. The quantitative estimate of drug-likeness (QED) is 0.853. The van der Waals surface area contributed by atoms with E-state index in [1.165, 1.54) is 12.8 Å². The molecule has 106 valence electrons. The molecule has 1 aromatic heterocycles. The van der Waals surface area contributed by atoms with Gasteiger partial charge in [0.1, 0.15) is 5.82 Å². The van der Waals surface area contributed by atoms with Crippen molar-refractivity contribution in [3.05, 3.63) is 12.3 Å². The third-order valence-corrected chi connectivity index (χ3v) is 3.42. The van der Waals surface area contributed by atoms with Crippen LogP contribution in [0.4, 0.5) is 11.8 Å². The molecule has 0 amide bonds. The molecule has 1 saturated heterocycles. The minimum atomic E-state index is 0.612. The number of piperidine rings is 1. The van der Waals surface area contributed by atoms with Gasteiger partial charge in [-0.05, 0) is 31.2 Å². The van der Waals surface area contributed by atoms with Crippen molar-refractivity contribution in [2.45, 2.75) is 26.2 Å². The summed E-state index contributed by atoms with van der Waals surface area (Å²) in [6.07, 6.45) is 5.36. The van der Waals surface area contributed by atoms with Crippen molar-refractivity contribution in [3.8, 4) is 0 Å². The van der Waals surface area contributed by atoms with Crippen molar-refractivity contribution in [2.24, 2.45) is 5.92 Å². The summed E-state index contributed by atoms with van der Waals surface area (Å²) in [6, 6.07) is 1.99. The summed E-state index contributed by atoms with van der Waals surface area (Å²) in [4.78, 5) is 11.2. The van der Waals surface area contributed by atoms with Crippen LogP contribution in [0.2, 0.25) is 0 Å². The summed E-state index contributed by atoms with van der Waals surface area (Å²) in [7, 11) is 1.77. The minimum Gasteiger partial charge on any atom is -0.384 e. The topological polar surface area (TPSA) is 50.3 Å². The molecule has 5 nitrogen and oxygen atoms in total. The molecule has 1 aliphatic rings. The van der Waals surface area contributed by atoms with Crippen LogP contribution >= 0.6 is 0 Å². The first-order valence-electron chi connectivity index (χ1n) is 7.14. The van der Waals surface area contributed by atoms with Gasteiger partial charge in [-0.2, -0.15) is 4.98 Å². The molecule has 0 bridgehead atoms. The van der Waals surface area contributed by atoms with Gasteiger partial charge in [0.25, 0.3) is 0 Å². The zero-order valence-corrected chi connectivity index (χ0v) is 11.9. The Kier molecular flexibility index (Phi) is 5.39. The third kappa shape index (κ3) is 4.06. The smallest absolute Gasteiger partial charge is 0.224 e. The Balaban J connectivity index is 1.99. The lowest BCUT2D eigenvalue weighted by atomic mass is 9.99. The fraction of sp³-hybridized carbons (Fsp3) is 0.714. The van der Waals surface area contributed by atoms with E-state index in [2.05, 4.69) is 27.1 Å². The number of hydrogen-bond acceptors (Lipinski definition) is 5. The average molecular weight is 264 g/mol. The monoisotopic (exact) mass is 264 g/mol. The number of methoxy groups -OCH3 is 1. The van der Waals surface area contributed by atoms with Crippen LogP contribution in [0.3, 0.4) is 0 Å². The van der Waals surface area contributed by atoms with Crippen LogP contribution < -0.4 is 10.2 Å². The largest absolute Gasteiger partial charge is 0.384 e. The van der Waals surface area contributed by atoms with Gasteiger partial charge in [-0.1, -0.05) is 6.92 Å². The van der Waals surface area contributed by atoms with Gasteiger partial charge in [0.2, 0.25) is 5.95 Å². The molecule has 0 aromatic carbocycles. The molecular formula is C14H24N4O. The summed E-state index contributed by atoms with van der Waals surface area (Å²) in [5.41, 5.74) is 0. The molecule has 1 N–H and O–H groups in total. The van der Waals surface area contributed by atoms with Gasteiger partial charge in [-0.3, -0.25) is 0 Å². The first kappa shape index (κ1) is 14.1. The zero-order valence-electron chi connectivity index (χ0n) is 11.9. The van der Waals surface area contributed by atoms with E-state index in [1.54, 1.807) is 7.11 Å². The Hall–Kier alpha value is -1.36. The average Bonchev–Trinajstić information content (AvgIpc) is 2.46. The van der Waals surface area contributed by atoms with Crippen LogP contribution in [0, 0.1) is 5.92 Å². The van der Waals surface area contributed by atoms with E-state index in [9.17, 15) is 0 Å². The number of hydrogen-bond donors (Lipinski definition) is 1. The highest BCUT2D eigenvalue weighted by Crippen LogP contribution is 2.22. The van der Waals surface area contributed by atoms with E-state index < -0.39 is 0 Å². The second-order valence-corrected chi connectivity index (χ2v) is 5.07. The lowest BCUT2D eigenvalue weighted by Gasteiger charge is -2.33. The van der Waals surface area contributed by atoms with Crippen molar-refractivity contribution in [3.63, 3.8) is 0 Å². The number of nitrogens with one attached hydrogen (secondary N) is 1.